The first kappa shape index (κ1) is 9.83. The third-order valence-corrected chi connectivity index (χ3v) is 2.04. The number of hydrogen-bond acceptors (Lipinski definition) is 4. The summed E-state index contributed by atoms with van der Waals surface area (Å²) in [7, 11) is 0. The van der Waals surface area contributed by atoms with Gasteiger partial charge in [-0.3, -0.25) is 4.79 Å². The van der Waals surface area contributed by atoms with Crippen LogP contribution in [0.1, 0.15) is 19.8 Å². The van der Waals surface area contributed by atoms with Crippen LogP contribution in [0.3, 0.4) is 0 Å². The van der Waals surface area contributed by atoms with E-state index in [2.05, 4.69) is 10.0 Å². The monoisotopic (exact) mass is 185 g/mol. The lowest BCUT2D eigenvalue weighted by molar-refractivity contribution is -0.150. The minimum Gasteiger partial charge on any atom is -0.460 e. The molecule has 1 saturated carbocycles. The number of rotatable bonds is 2. The summed E-state index contributed by atoms with van der Waals surface area (Å²) in [6, 6.07) is -0.464. The van der Waals surface area contributed by atoms with E-state index in [1.807, 2.05) is 0 Å². The first-order valence-corrected chi connectivity index (χ1v) is 4.04. The molecule has 0 amide bonds. The van der Waals surface area contributed by atoms with Crippen molar-refractivity contribution in [2.45, 2.75) is 38.0 Å². The van der Waals surface area contributed by atoms with Gasteiger partial charge in [-0.05, 0) is 18.4 Å². The van der Waals surface area contributed by atoms with E-state index in [1.54, 1.807) is 0 Å². The standard InChI is InChI=1S/C7H11N3O3/c1-4(11)13-6-3-2-5(7(6)12)9-10-8/h5-7,12H,2-3H2,1H3. The summed E-state index contributed by atoms with van der Waals surface area (Å²) in [6.07, 6.45) is -0.277. The van der Waals surface area contributed by atoms with Crippen molar-refractivity contribution in [3.05, 3.63) is 10.4 Å². The minimum absolute atomic E-state index is 0.425. The van der Waals surface area contributed by atoms with Gasteiger partial charge in [-0.15, -0.1) is 0 Å². The fourth-order valence-electron chi connectivity index (χ4n) is 1.46. The van der Waals surface area contributed by atoms with Crippen molar-refractivity contribution in [1.29, 1.82) is 0 Å². The van der Waals surface area contributed by atoms with Crippen molar-refractivity contribution in [2.24, 2.45) is 5.11 Å². The number of esters is 1. The number of carbonyl (C=O) groups is 1. The highest BCUT2D eigenvalue weighted by Crippen LogP contribution is 2.25. The number of aliphatic hydroxyl groups excluding tert-OH is 1. The first-order valence-electron chi connectivity index (χ1n) is 4.04. The molecular formula is C7H11N3O3. The fourth-order valence-corrected chi connectivity index (χ4v) is 1.46. The number of ether oxygens (including phenoxy) is 1. The fraction of sp³-hybridized carbons (Fsp3) is 0.857. The van der Waals surface area contributed by atoms with E-state index >= 15 is 0 Å². The highest BCUT2D eigenvalue weighted by atomic mass is 16.6. The predicted molar refractivity (Wildman–Crippen MR) is 43.7 cm³/mol. The van der Waals surface area contributed by atoms with Crippen molar-refractivity contribution in [1.82, 2.24) is 0 Å². The molecule has 0 radical (unpaired) electrons. The smallest absolute Gasteiger partial charge is 0.302 e. The molecule has 0 aromatic heterocycles. The van der Waals surface area contributed by atoms with Gasteiger partial charge < -0.3 is 9.84 Å². The summed E-state index contributed by atoms with van der Waals surface area (Å²) in [5.74, 6) is -0.425. The second-order valence-electron chi connectivity index (χ2n) is 2.99. The largest absolute Gasteiger partial charge is 0.460 e. The molecule has 13 heavy (non-hydrogen) atoms. The van der Waals surface area contributed by atoms with E-state index in [0.717, 1.165) is 0 Å². The van der Waals surface area contributed by atoms with Crippen LogP contribution in [0.2, 0.25) is 0 Å². The molecule has 0 bridgehead atoms. The Balaban J connectivity index is 2.54. The highest BCUT2D eigenvalue weighted by Gasteiger charge is 2.36. The van der Waals surface area contributed by atoms with E-state index in [0.29, 0.717) is 12.8 Å². The van der Waals surface area contributed by atoms with Gasteiger partial charge in [0.15, 0.2) is 0 Å². The van der Waals surface area contributed by atoms with Gasteiger partial charge in [0.25, 0.3) is 0 Å². The molecule has 1 N–H and O–H groups in total. The predicted octanol–water partition coefficient (Wildman–Crippen LogP) is 0.752. The van der Waals surface area contributed by atoms with Gasteiger partial charge >= 0.3 is 5.97 Å². The van der Waals surface area contributed by atoms with Gasteiger partial charge in [0.05, 0.1) is 12.1 Å². The minimum atomic E-state index is -0.861. The molecule has 3 unspecified atom stereocenters. The zero-order valence-electron chi connectivity index (χ0n) is 7.25. The highest BCUT2D eigenvalue weighted by molar-refractivity contribution is 5.66. The van der Waals surface area contributed by atoms with Crippen LogP contribution in [0.25, 0.3) is 10.4 Å². The quantitative estimate of drug-likeness (QED) is 0.297. The molecule has 1 fully saturated rings. The van der Waals surface area contributed by atoms with Crippen LogP contribution in [0.4, 0.5) is 0 Å². The van der Waals surface area contributed by atoms with E-state index in [4.69, 9.17) is 10.3 Å². The Bertz CT molecular complexity index is 249. The van der Waals surface area contributed by atoms with Gasteiger partial charge in [0.2, 0.25) is 0 Å². The summed E-state index contributed by atoms with van der Waals surface area (Å²) in [6.45, 7) is 1.29. The van der Waals surface area contributed by atoms with Gasteiger partial charge in [-0.1, -0.05) is 5.11 Å². The lowest BCUT2D eigenvalue weighted by Crippen LogP contribution is -2.30. The Kier molecular flexibility index (Phi) is 3.11. The summed E-state index contributed by atoms with van der Waals surface area (Å²) in [5.41, 5.74) is 8.15. The number of hydrogen-bond donors (Lipinski definition) is 1. The van der Waals surface area contributed by atoms with Crippen LogP contribution in [-0.2, 0) is 9.53 Å². The van der Waals surface area contributed by atoms with Gasteiger partial charge in [-0.2, -0.15) is 0 Å². The molecule has 0 aliphatic heterocycles. The molecular weight excluding hydrogens is 174 g/mol. The second-order valence-corrected chi connectivity index (χ2v) is 2.99. The molecule has 6 nitrogen and oxygen atoms in total. The van der Waals surface area contributed by atoms with E-state index in [-0.39, 0.29) is 0 Å². The van der Waals surface area contributed by atoms with Crippen LogP contribution in [-0.4, -0.2) is 29.3 Å². The molecule has 3 atom stereocenters. The van der Waals surface area contributed by atoms with Crippen LogP contribution >= 0.6 is 0 Å². The van der Waals surface area contributed by atoms with Gasteiger partial charge in [0.1, 0.15) is 6.10 Å². The Morgan fingerprint density at radius 2 is 2.38 bits per heavy atom. The van der Waals surface area contributed by atoms with Crippen molar-refractivity contribution in [2.75, 3.05) is 0 Å². The van der Waals surface area contributed by atoms with Gasteiger partial charge in [-0.25, -0.2) is 0 Å². The molecule has 72 valence electrons. The van der Waals surface area contributed by atoms with Crippen molar-refractivity contribution in [3.63, 3.8) is 0 Å². The Morgan fingerprint density at radius 1 is 1.69 bits per heavy atom. The summed E-state index contributed by atoms with van der Waals surface area (Å²) >= 11 is 0. The van der Waals surface area contributed by atoms with E-state index < -0.39 is 24.2 Å². The van der Waals surface area contributed by atoms with E-state index in [9.17, 15) is 9.90 Å². The number of azide groups is 1. The molecule has 0 aromatic rings. The molecule has 1 rings (SSSR count). The molecule has 1 aliphatic carbocycles. The number of nitrogens with zero attached hydrogens (tertiary/aromatic N) is 3. The molecule has 0 saturated heterocycles. The topological polar surface area (TPSA) is 95.3 Å². The molecule has 1 aliphatic rings. The van der Waals surface area contributed by atoms with Crippen molar-refractivity contribution >= 4 is 5.97 Å². The lowest BCUT2D eigenvalue weighted by atomic mass is 10.2. The third-order valence-electron chi connectivity index (χ3n) is 2.04. The third kappa shape index (κ3) is 2.34. The van der Waals surface area contributed by atoms with Crippen LogP contribution in [0.15, 0.2) is 5.11 Å². The first-order chi connectivity index (χ1) is 6.15. The summed E-state index contributed by atoms with van der Waals surface area (Å²) in [5, 5.41) is 12.9. The molecule has 0 heterocycles. The molecule has 6 heteroatoms. The van der Waals surface area contributed by atoms with E-state index in [1.165, 1.54) is 6.92 Å². The maximum Gasteiger partial charge on any atom is 0.302 e. The second kappa shape index (κ2) is 4.11. The molecule has 0 spiro atoms. The Morgan fingerprint density at radius 3 is 2.92 bits per heavy atom. The Hall–Kier alpha value is -1.26. The number of carbonyl (C=O) groups excluding carboxylic acids is 1. The summed E-state index contributed by atoms with van der Waals surface area (Å²) in [4.78, 5) is 13.2. The van der Waals surface area contributed by atoms with Crippen LogP contribution < -0.4 is 0 Å². The average molecular weight is 185 g/mol. The van der Waals surface area contributed by atoms with Crippen LogP contribution in [0, 0.1) is 0 Å². The van der Waals surface area contributed by atoms with Gasteiger partial charge in [0, 0.05) is 11.8 Å². The maximum absolute atomic E-state index is 10.6. The van der Waals surface area contributed by atoms with Crippen LogP contribution in [0.5, 0.6) is 0 Å². The molecule has 0 aromatic carbocycles. The zero-order chi connectivity index (χ0) is 9.84. The summed E-state index contributed by atoms with van der Waals surface area (Å²) < 4.78 is 4.83. The average Bonchev–Trinajstić information content (AvgIpc) is 2.36. The zero-order valence-corrected chi connectivity index (χ0v) is 7.25. The number of aliphatic hydroxyl groups is 1. The normalized spacial score (nSPS) is 32.3. The van der Waals surface area contributed by atoms with Crippen molar-refractivity contribution in [3.8, 4) is 0 Å². The maximum atomic E-state index is 10.6. The van der Waals surface area contributed by atoms with Crippen molar-refractivity contribution < 1.29 is 14.6 Å². The lowest BCUT2D eigenvalue weighted by Gasteiger charge is -2.15. The Labute approximate surface area is 75.1 Å². The SMILES string of the molecule is CC(=O)OC1CCC(N=[N+]=[N-])C1O.